The Kier molecular flexibility index (Phi) is 4.75. The van der Waals surface area contributed by atoms with Crippen LogP contribution < -0.4 is 5.32 Å². The Morgan fingerprint density at radius 2 is 2.10 bits per heavy atom. The molecule has 0 radical (unpaired) electrons. The van der Waals surface area contributed by atoms with Crippen molar-refractivity contribution >= 4 is 22.5 Å². The number of pyridine rings is 1. The fourth-order valence-corrected chi connectivity index (χ4v) is 4.38. The van der Waals surface area contributed by atoms with E-state index in [4.69, 9.17) is 0 Å². The Bertz CT molecular complexity index is 1230. The summed E-state index contributed by atoms with van der Waals surface area (Å²) in [5.41, 5.74) is 2.79. The van der Waals surface area contributed by atoms with Crippen molar-refractivity contribution in [2.45, 2.75) is 44.4 Å². The van der Waals surface area contributed by atoms with Gasteiger partial charge in [0.2, 0.25) is 0 Å². The lowest BCUT2D eigenvalue weighted by Gasteiger charge is -2.28. The second kappa shape index (κ2) is 7.57. The summed E-state index contributed by atoms with van der Waals surface area (Å²) in [5, 5.41) is 13.4. The molecule has 4 aromatic rings. The standard InChI is InChI=1S/C23H23FN4O2/c24-17-4-3-6-19-22(17)16(23(30)26-18-5-1-2-7-20(18)29)14-28(19)13-15-8-10-27-11-9-25-21(27)12-15/h3-4,6,8-12,14,18,20,29H,1-2,5,7,13H2,(H,26,30). The van der Waals surface area contributed by atoms with Crippen molar-refractivity contribution in [1.82, 2.24) is 19.3 Å². The third-order valence-electron chi connectivity index (χ3n) is 5.96. The first-order chi connectivity index (χ1) is 14.6. The molecule has 1 aliphatic rings. The van der Waals surface area contributed by atoms with Gasteiger partial charge >= 0.3 is 0 Å². The monoisotopic (exact) mass is 406 g/mol. The molecule has 2 atom stereocenters. The van der Waals surface area contributed by atoms with Crippen LogP contribution in [0, 0.1) is 5.82 Å². The third-order valence-corrected chi connectivity index (χ3v) is 5.96. The van der Waals surface area contributed by atoms with Gasteiger partial charge in [0.25, 0.3) is 5.91 Å². The molecule has 2 N–H and O–H groups in total. The number of amides is 1. The second-order valence-corrected chi connectivity index (χ2v) is 7.96. The molecule has 0 spiro atoms. The number of benzene rings is 1. The van der Waals surface area contributed by atoms with Crippen LogP contribution in [0.4, 0.5) is 4.39 Å². The number of aliphatic hydroxyl groups is 1. The fourth-order valence-electron chi connectivity index (χ4n) is 4.38. The van der Waals surface area contributed by atoms with Gasteiger partial charge in [-0.05, 0) is 42.7 Å². The molecule has 7 heteroatoms. The summed E-state index contributed by atoms with van der Waals surface area (Å²) < 4.78 is 18.5. The maximum Gasteiger partial charge on any atom is 0.253 e. The van der Waals surface area contributed by atoms with Gasteiger partial charge in [0.1, 0.15) is 11.5 Å². The van der Waals surface area contributed by atoms with Gasteiger partial charge in [0.15, 0.2) is 0 Å². The molecule has 6 nitrogen and oxygen atoms in total. The first kappa shape index (κ1) is 18.8. The second-order valence-electron chi connectivity index (χ2n) is 7.96. The number of rotatable bonds is 4. The zero-order valence-corrected chi connectivity index (χ0v) is 16.5. The lowest BCUT2D eigenvalue weighted by Crippen LogP contribution is -2.45. The lowest BCUT2D eigenvalue weighted by molar-refractivity contribution is 0.0718. The van der Waals surface area contributed by atoms with E-state index in [2.05, 4.69) is 10.3 Å². The van der Waals surface area contributed by atoms with E-state index in [0.717, 1.165) is 30.5 Å². The molecule has 1 saturated carbocycles. The predicted octanol–water partition coefficient (Wildman–Crippen LogP) is 3.51. The van der Waals surface area contributed by atoms with Crippen molar-refractivity contribution in [2.24, 2.45) is 0 Å². The number of nitrogens with zero attached hydrogens (tertiary/aromatic N) is 3. The van der Waals surface area contributed by atoms with Crippen molar-refractivity contribution in [3.05, 3.63) is 72.1 Å². The van der Waals surface area contributed by atoms with Gasteiger partial charge in [-0.25, -0.2) is 9.37 Å². The quantitative estimate of drug-likeness (QED) is 0.545. The highest BCUT2D eigenvalue weighted by molar-refractivity contribution is 6.07. The molecule has 1 amide bonds. The molecule has 1 aromatic carbocycles. The average molecular weight is 406 g/mol. The van der Waals surface area contributed by atoms with Crippen LogP contribution in [0.25, 0.3) is 16.6 Å². The summed E-state index contributed by atoms with van der Waals surface area (Å²) in [4.78, 5) is 17.3. The Hall–Kier alpha value is -3.19. The van der Waals surface area contributed by atoms with E-state index in [0.29, 0.717) is 29.4 Å². The maximum atomic E-state index is 14.7. The number of aromatic nitrogens is 3. The van der Waals surface area contributed by atoms with Crippen LogP contribution in [-0.4, -0.2) is 37.1 Å². The number of nitrogens with one attached hydrogen (secondary N) is 1. The van der Waals surface area contributed by atoms with E-state index >= 15 is 0 Å². The predicted molar refractivity (Wildman–Crippen MR) is 112 cm³/mol. The van der Waals surface area contributed by atoms with Gasteiger partial charge in [-0.3, -0.25) is 4.79 Å². The molecular formula is C23H23FN4O2. The smallest absolute Gasteiger partial charge is 0.253 e. The molecule has 1 fully saturated rings. The van der Waals surface area contributed by atoms with E-state index in [1.54, 1.807) is 18.5 Å². The topological polar surface area (TPSA) is 71.6 Å². The Morgan fingerprint density at radius 3 is 2.97 bits per heavy atom. The number of hydrogen-bond donors (Lipinski definition) is 2. The summed E-state index contributed by atoms with van der Waals surface area (Å²) in [6.07, 6.45) is 10.0. The number of halogens is 1. The number of carbonyl (C=O) groups is 1. The van der Waals surface area contributed by atoms with Crippen molar-refractivity contribution in [3.8, 4) is 0 Å². The lowest BCUT2D eigenvalue weighted by atomic mass is 9.92. The number of carbonyl (C=O) groups excluding carboxylic acids is 1. The van der Waals surface area contributed by atoms with Gasteiger partial charge in [-0.1, -0.05) is 18.9 Å². The molecule has 3 heterocycles. The number of aliphatic hydroxyl groups excluding tert-OH is 1. The largest absolute Gasteiger partial charge is 0.391 e. The SMILES string of the molecule is O=C(NC1CCCCC1O)c1cn(Cc2ccn3ccnc3c2)c2cccc(F)c12. The summed E-state index contributed by atoms with van der Waals surface area (Å²) in [7, 11) is 0. The molecule has 5 rings (SSSR count). The van der Waals surface area contributed by atoms with E-state index in [1.807, 2.05) is 39.6 Å². The van der Waals surface area contributed by atoms with Crippen LogP contribution in [0.15, 0.2) is 55.1 Å². The van der Waals surface area contributed by atoms with E-state index < -0.39 is 11.9 Å². The van der Waals surface area contributed by atoms with Crippen LogP contribution in [0.3, 0.4) is 0 Å². The number of fused-ring (bicyclic) bond motifs is 2. The summed E-state index contributed by atoms with van der Waals surface area (Å²) in [6.45, 7) is 0.489. The van der Waals surface area contributed by atoms with Crippen molar-refractivity contribution in [3.63, 3.8) is 0 Å². The molecule has 2 unspecified atom stereocenters. The Balaban J connectivity index is 1.50. The van der Waals surface area contributed by atoms with Gasteiger partial charge in [-0.15, -0.1) is 0 Å². The van der Waals surface area contributed by atoms with Crippen molar-refractivity contribution in [1.29, 1.82) is 0 Å². The van der Waals surface area contributed by atoms with Crippen molar-refractivity contribution in [2.75, 3.05) is 0 Å². The highest BCUT2D eigenvalue weighted by atomic mass is 19.1. The molecule has 0 saturated heterocycles. The third kappa shape index (κ3) is 3.35. The summed E-state index contributed by atoms with van der Waals surface area (Å²) in [5.74, 6) is -0.775. The average Bonchev–Trinajstić information content (AvgIpc) is 3.35. The molecular weight excluding hydrogens is 383 g/mol. The maximum absolute atomic E-state index is 14.7. The van der Waals surface area contributed by atoms with Gasteiger partial charge in [-0.2, -0.15) is 0 Å². The van der Waals surface area contributed by atoms with E-state index in [-0.39, 0.29) is 11.9 Å². The molecule has 3 aromatic heterocycles. The minimum atomic E-state index is -0.554. The first-order valence-electron chi connectivity index (χ1n) is 10.3. The Labute approximate surface area is 173 Å². The summed E-state index contributed by atoms with van der Waals surface area (Å²) in [6, 6.07) is 8.51. The fraction of sp³-hybridized carbons (Fsp3) is 0.304. The number of imidazole rings is 1. The van der Waals surface area contributed by atoms with Crippen LogP contribution in [0.1, 0.15) is 41.6 Å². The van der Waals surface area contributed by atoms with Crippen molar-refractivity contribution < 1.29 is 14.3 Å². The molecule has 154 valence electrons. The normalized spacial score (nSPS) is 19.4. The minimum absolute atomic E-state index is 0.292. The zero-order chi connectivity index (χ0) is 20.7. The molecule has 0 bridgehead atoms. The van der Waals surface area contributed by atoms with Crippen LogP contribution in [0.2, 0.25) is 0 Å². The summed E-state index contributed by atoms with van der Waals surface area (Å²) >= 11 is 0. The van der Waals surface area contributed by atoms with Crippen LogP contribution in [-0.2, 0) is 6.54 Å². The van der Waals surface area contributed by atoms with Gasteiger partial charge in [0.05, 0.1) is 23.2 Å². The molecule has 0 aliphatic heterocycles. The Morgan fingerprint density at radius 1 is 1.23 bits per heavy atom. The zero-order valence-electron chi connectivity index (χ0n) is 16.5. The highest BCUT2D eigenvalue weighted by Gasteiger charge is 2.27. The minimum Gasteiger partial charge on any atom is -0.391 e. The molecule has 1 aliphatic carbocycles. The van der Waals surface area contributed by atoms with E-state index in [9.17, 15) is 14.3 Å². The van der Waals surface area contributed by atoms with Crippen LogP contribution >= 0.6 is 0 Å². The molecule has 30 heavy (non-hydrogen) atoms. The van der Waals surface area contributed by atoms with Gasteiger partial charge < -0.3 is 19.4 Å². The highest BCUT2D eigenvalue weighted by Crippen LogP contribution is 2.26. The number of hydrogen-bond acceptors (Lipinski definition) is 3. The first-order valence-corrected chi connectivity index (χ1v) is 10.3. The van der Waals surface area contributed by atoms with E-state index in [1.165, 1.54) is 6.07 Å². The van der Waals surface area contributed by atoms with Crippen LogP contribution in [0.5, 0.6) is 0 Å². The van der Waals surface area contributed by atoms with Gasteiger partial charge in [0, 0.05) is 36.7 Å².